The number of rotatable bonds is 2. The third-order valence-electron chi connectivity index (χ3n) is 2.02. The minimum atomic E-state index is -0.520. The van der Waals surface area contributed by atoms with Gasteiger partial charge >= 0.3 is 0 Å². The first kappa shape index (κ1) is 9.26. The molecule has 1 heterocycles. The van der Waals surface area contributed by atoms with Crippen molar-refractivity contribution >= 4 is 11.6 Å². The van der Waals surface area contributed by atoms with E-state index in [9.17, 15) is 4.79 Å². The van der Waals surface area contributed by atoms with Gasteiger partial charge in [-0.05, 0) is 18.2 Å². The van der Waals surface area contributed by atoms with E-state index in [-0.39, 0.29) is 0 Å². The minimum absolute atomic E-state index is 0.373. The first-order valence-electron chi connectivity index (χ1n) is 4.28. The lowest BCUT2D eigenvalue weighted by Gasteiger charge is -2.04. The first-order chi connectivity index (χ1) is 7.18. The van der Waals surface area contributed by atoms with Gasteiger partial charge in [-0.3, -0.25) is 4.79 Å². The van der Waals surface area contributed by atoms with E-state index in [2.05, 4.69) is 5.16 Å². The molecule has 0 radical (unpaired) electrons. The van der Waals surface area contributed by atoms with E-state index in [0.717, 1.165) is 0 Å². The summed E-state index contributed by atoms with van der Waals surface area (Å²) in [6, 6.07) is 6.46. The van der Waals surface area contributed by atoms with E-state index >= 15 is 0 Å². The summed E-state index contributed by atoms with van der Waals surface area (Å²) < 4.78 is 4.70. The van der Waals surface area contributed by atoms with E-state index in [0.29, 0.717) is 22.5 Å². The van der Waals surface area contributed by atoms with Crippen molar-refractivity contribution in [2.45, 2.75) is 0 Å². The summed E-state index contributed by atoms with van der Waals surface area (Å²) >= 11 is 0. The van der Waals surface area contributed by atoms with E-state index in [1.165, 1.54) is 6.26 Å². The number of primary amides is 1. The van der Waals surface area contributed by atoms with Crippen LogP contribution in [-0.2, 0) is 0 Å². The molecule has 76 valence electrons. The molecule has 0 spiro atoms. The summed E-state index contributed by atoms with van der Waals surface area (Å²) in [5.74, 6) is -0.520. The molecule has 0 fully saturated rings. The quantitative estimate of drug-likeness (QED) is 0.712. The second-order valence-corrected chi connectivity index (χ2v) is 3.05. The van der Waals surface area contributed by atoms with E-state index in [1.54, 1.807) is 24.3 Å². The molecule has 0 aliphatic carbocycles. The number of nitrogen functional groups attached to an aromatic ring is 1. The van der Waals surface area contributed by atoms with Crippen LogP contribution in [0.25, 0.3) is 11.3 Å². The lowest BCUT2D eigenvalue weighted by molar-refractivity contribution is 0.100. The van der Waals surface area contributed by atoms with Gasteiger partial charge in [0.05, 0.1) is 0 Å². The van der Waals surface area contributed by atoms with Gasteiger partial charge in [0, 0.05) is 22.9 Å². The normalized spacial score (nSPS) is 10.1. The maximum Gasteiger partial charge on any atom is 0.249 e. The van der Waals surface area contributed by atoms with Crippen LogP contribution in [0.2, 0.25) is 0 Å². The molecule has 5 nitrogen and oxygen atoms in total. The number of hydrogen-bond donors (Lipinski definition) is 2. The fraction of sp³-hybridized carbons (Fsp3) is 0. The molecular weight excluding hydrogens is 194 g/mol. The van der Waals surface area contributed by atoms with Gasteiger partial charge in [-0.15, -0.1) is 0 Å². The highest BCUT2D eigenvalue weighted by Gasteiger charge is 2.12. The summed E-state index contributed by atoms with van der Waals surface area (Å²) in [7, 11) is 0. The number of benzene rings is 1. The molecule has 5 heteroatoms. The van der Waals surface area contributed by atoms with Crippen LogP contribution in [0, 0.1) is 0 Å². The standard InChI is InChI=1S/C10H9N3O2/c11-6-1-2-7(10(12)14)8(5-6)9-3-4-15-13-9/h1-5H,11H2,(H2,12,14). The fourth-order valence-electron chi connectivity index (χ4n) is 1.34. The number of hydrogen-bond acceptors (Lipinski definition) is 4. The van der Waals surface area contributed by atoms with Gasteiger partial charge in [-0.25, -0.2) is 0 Å². The molecule has 2 rings (SSSR count). The van der Waals surface area contributed by atoms with Crippen molar-refractivity contribution in [3.8, 4) is 11.3 Å². The minimum Gasteiger partial charge on any atom is -0.399 e. The number of aromatic nitrogens is 1. The van der Waals surface area contributed by atoms with Gasteiger partial charge in [0.1, 0.15) is 12.0 Å². The largest absolute Gasteiger partial charge is 0.399 e. The van der Waals surface area contributed by atoms with Crippen LogP contribution in [-0.4, -0.2) is 11.1 Å². The topological polar surface area (TPSA) is 95.1 Å². The maximum absolute atomic E-state index is 11.2. The summed E-state index contributed by atoms with van der Waals surface area (Å²) in [5, 5.41) is 3.73. The van der Waals surface area contributed by atoms with Crippen molar-refractivity contribution in [3.05, 3.63) is 36.1 Å². The zero-order valence-corrected chi connectivity index (χ0v) is 7.81. The van der Waals surface area contributed by atoms with Gasteiger partial charge in [0.15, 0.2) is 0 Å². The molecule has 0 unspecified atom stereocenters. The Morgan fingerprint density at radius 1 is 1.33 bits per heavy atom. The lowest BCUT2D eigenvalue weighted by Crippen LogP contribution is -2.12. The second kappa shape index (κ2) is 3.45. The smallest absolute Gasteiger partial charge is 0.249 e. The zero-order chi connectivity index (χ0) is 10.8. The molecule has 0 bridgehead atoms. The van der Waals surface area contributed by atoms with Crippen LogP contribution >= 0.6 is 0 Å². The highest BCUT2D eigenvalue weighted by Crippen LogP contribution is 2.24. The monoisotopic (exact) mass is 203 g/mol. The van der Waals surface area contributed by atoms with Crippen LogP contribution in [0.1, 0.15) is 10.4 Å². The number of carbonyl (C=O) groups excluding carboxylic acids is 1. The lowest BCUT2D eigenvalue weighted by atomic mass is 10.0. The van der Waals surface area contributed by atoms with E-state index < -0.39 is 5.91 Å². The summed E-state index contributed by atoms with van der Waals surface area (Å²) in [6.07, 6.45) is 1.42. The summed E-state index contributed by atoms with van der Waals surface area (Å²) in [6.45, 7) is 0. The number of nitrogens with two attached hydrogens (primary N) is 2. The number of carbonyl (C=O) groups is 1. The molecule has 1 aromatic heterocycles. The zero-order valence-electron chi connectivity index (χ0n) is 7.81. The molecule has 2 aromatic rings. The number of amides is 1. The van der Waals surface area contributed by atoms with E-state index in [4.69, 9.17) is 16.0 Å². The van der Waals surface area contributed by atoms with Crippen molar-refractivity contribution in [3.63, 3.8) is 0 Å². The Labute approximate surface area is 85.7 Å². The van der Waals surface area contributed by atoms with Gasteiger partial charge in [-0.2, -0.15) is 0 Å². The fourth-order valence-corrected chi connectivity index (χ4v) is 1.34. The molecular formula is C10H9N3O2. The molecule has 0 saturated heterocycles. The van der Waals surface area contributed by atoms with Crippen LogP contribution in [0.4, 0.5) is 5.69 Å². The van der Waals surface area contributed by atoms with Crippen LogP contribution in [0.5, 0.6) is 0 Å². The second-order valence-electron chi connectivity index (χ2n) is 3.05. The Balaban J connectivity index is 2.63. The first-order valence-corrected chi connectivity index (χ1v) is 4.28. The summed E-state index contributed by atoms with van der Waals surface area (Å²) in [5.41, 5.74) is 12.9. The Hall–Kier alpha value is -2.30. The maximum atomic E-state index is 11.2. The number of anilines is 1. The Kier molecular flexibility index (Phi) is 2.13. The van der Waals surface area contributed by atoms with Gasteiger partial charge in [0.25, 0.3) is 0 Å². The molecule has 15 heavy (non-hydrogen) atoms. The molecule has 0 saturated carbocycles. The Morgan fingerprint density at radius 2 is 2.13 bits per heavy atom. The molecule has 0 atom stereocenters. The van der Waals surface area contributed by atoms with Crippen molar-refractivity contribution < 1.29 is 9.32 Å². The van der Waals surface area contributed by atoms with Gasteiger partial charge < -0.3 is 16.0 Å². The average molecular weight is 203 g/mol. The predicted molar refractivity (Wildman–Crippen MR) is 54.9 cm³/mol. The van der Waals surface area contributed by atoms with Gasteiger partial charge in [-0.1, -0.05) is 5.16 Å². The van der Waals surface area contributed by atoms with Crippen molar-refractivity contribution in [2.75, 3.05) is 5.73 Å². The van der Waals surface area contributed by atoms with Crippen LogP contribution < -0.4 is 11.5 Å². The summed E-state index contributed by atoms with van der Waals surface area (Å²) in [4.78, 5) is 11.2. The third kappa shape index (κ3) is 1.67. The van der Waals surface area contributed by atoms with Crippen LogP contribution in [0.15, 0.2) is 35.1 Å². The average Bonchev–Trinajstić information content (AvgIpc) is 2.69. The van der Waals surface area contributed by atoms with Crippen molar-refractivity contribution in [2.24, 2.45) is 5.73 Å². The molecule has 1 aromatic carbocycles. The predicted octanol–water partition coefficient (Wildman–Crippen LogP) is 1.02. The third-order valence-corrected chi connectivity index (χ3v) is 2.02. The highest BCUT2D eigenvalue weighted by atomic mass is 16.5. The SMILES string of the molecule is NC(=O)c1ccc(N)cc1-c1ccon1. The Bertz CT molecular complexity index is 491. The van der Waals surface area contributed by atoms with Crippen molar-refractivity contribution in [1.29, 1.82) is 0 Å². The Morgan fingerprint density at radius 3 is 2.73 bits per heavy atom. The highest BCUT2D eigenvalue weighted by molar-refractivity contribution is 6.00. The molecule has 0 aliphatic heterocycles. The van der Waals surface area contributed by atoms with Crippen LogP contribution in [0.3, 0.4) is 0 Å². The molecule has 4 N–H and O–H groups in total. The molecule has 0 aliphatic rings. The van der Waals surface area contributed by atoms with E-state index in [1.807, 2.05) is 0 Å². The molecule has 1 amide bonds. The number of nitrogens with zero attached hydrogens (tertiary/aromatic N) is 1. The van der Waals surface area contributed by atoms with Crippen molar-refractivity contribution in [1.82, 2.24) is 5.16 Å². The van der Waals surface area contributed by atoms with Gasteiger partial charge in [0.2, 0.25) is 5.91 Å².